The van der Waals surface area contributed by atoms with Gasteiger partial charge in [-0.3, -0.25) is 0 Å². The summed E-state index contributed by atoms with van der Waals surface area (Å²) in [6, 6.07) is 21.7. The molecule has 0 aliphatic carbocycles. The molecule has 0 aromatic heterocycles. The van der Waals surface area contributed by atoms with E-state index in [4.69, 9.17) is 21.1 Å². The smallest absolute Gasteiger partial charge is 0.336 e. The zero-order valence-electron chi connectivity index (χ0n) is 15.3. The number of benzene rings is 3. The van der Waals surface area contributed by atoms with Crippen molar-refractivity contribution in [2.75, 3.05) is 7.11 Å². The molecule has 3 aromatic rings. The summed E-state index contributed by atoms with van der Waals surface area (Å²) >= 11 is 6.03. The van der Waals surface area contributed by atoms with Crippen LogP contribution in [0, 0.1) is 0 Å². The quantitative estimate of drug-likeness (QED) is 0.421. The lowest BCUT2D eigenvalue weighted by molar-refractivity contribution is -0.130. The molecule has 1 N–H and O–H groups in total. The summed E-state index contributed by atoms with van der Waals surface area (Å²) < 4.78 is 11.4. The fourth-order valence-corrected chi connectivity index (χ4v) is 3.00. The third-order valence-corrected chi connectivity index (χ3v) is 4.35. The highest BCUT2D eigenvalue weighted by atomic mass is 35.5. The van der Waals surface area contributed by atoms with Crippen LogP contribution in [0.5, 0.6) is 11.5 Å². The van der Waals surface area contributed by atoms with E-state index in [2.05, 4.69) is 0 Å². The van der Waals surface area contributed by atoms with Gasteiger partial charge < -0.3 is 14.6 Å². The molecule has 0 aliphatic rings. The number of aliphatic carboxylic acids is 1. The lowest BCUT2D eigenvalue weighted by Gasteiger charge is -2.14. The van der Waals surface area contributed by atoms with Crippen molar-refractivity contribution in [2.24, 2.45) is 0 Å². The first-order valence-electron chi connectivity index (χ1n) is 8.63. The molecule has 0 aliphatic heterocycles. The van der Waals surface area contributed by atoms with Crippen molar-refractivity contribution in [3.63, 3.8) is 0 Å². The Balaban J connectivity index is 1.99. The molecule has 0 heterocycles. The maximum atomic E-state index is 11.8. The van der Waals surface area contributed by atoms with Gasteiger partial charge in [-0.05, 0) is 35.4 Å². The molecule has 4 nitrogen and oxygen atoms in total. The standard InChI is InChI=1S/C23H19ClO4/c1-27-21-12-6-10-18(14-20(23(25)26)17-8-3-2-4-9-17)22(21)28-15-16-7-5-11-19(24)13-16/h2-14H,15H2,1H3,(H,25,26)/b20-14-. The van der Waals surface area contributed by atoms with Crippen LogP contribution >= 0.6 is 11.6 Å². The number of methoxy groups -OCH3 is 1. The van der Waals surface area contributed by atoms with E-state index in [1.54, 1.807) is 61.7 Å². The van der Waals surface area contributed by atoms with E-state index in [1.165, 1.54) is 0 Å². The van der Waals surface area contributed by atoms with E-state index >= 15 is 0 Å². The van der Waals surface area contributed by atoms with Gasteiger partial charge in [0.25, 0.3) is 0 Å². The molecule has 0 unspecified atom stereocenters. The van der Waals surface area contributed by atoms with Crippen LogP contribution in [0.2, 0.25) is 5.02 Å². The monoisotopic (exact) mass is 394 g/mol. The summed E-state index contributed by atoms with van der Waals surface area (Å²) in [4.78, 5) is 11.8. The van der Waals surface area contributed by atoms with Crippen LogP contribution in [-0.2, 0) is 11.4 Å². The first kappa shape index (κ1) is 19.5. The van der Waals surface area contributed by atoms with E-state index in [0.29, 0.717) is 27.6 Å². The predicted molar refractivity (Wildman–Crippen MR) is 111 cm³/mol. The third kappa shape index (κ3) is 4.72. The van der Waals surface area contributed by atoms with Crippen molar-refractivity contribution in [1.82, 2.24) is 0 Å². The van der Waals surface area contributed by atoms with Crippen LogP contribution < -0.4 is 9.47 Å². The van der Waals surface area contributed by atoms with Crippen molar-refractivity contribution in [3.8, 4) is 11.5 Å². The average molecular weight is 395 g/mol. The van der Waals surface area contributed by atoms with Gasteiger partial charge in [-0.25, -0.2) is 4.79 Å². The van der Waals surface area contributed by atoms with Crippen molar-refractivity contribution in [1.29, 1.82) is 0 Å². The van der Waals surface area contributed by atoms with Crippen LogP contribution in [0.4, 0.5) is 0 Å². The molecule has 0 atom stereocenters. The maximum Gasteiger partial charge on any atom is 0.336 e. The lowest BCUT2D eigenvalue weighted by Crippen LogP contribution is -2.02. The molecule has 0 saturated heterocycles. The molecule has 0 saturated carbocycles. The lowest BCUT2D eigenvalue weighted by atomic mass is 10.0. The summed E-state index contributed by atoms with van der Waals surface area (Å²) in [6.07, 6.45) is 1.59. The normalized spacial score (nSPS) is 11.1. The largest absolute Gasteiger partial charge is 0.493 e. The van der Waals surface area contributed by atoms with E-state index in [-0.39, 0.29) is 12.2 Å². The molecule has 3 aromatic carbocycles. The molecule has 0 spiro atoms. The Morgan fingerprint density at radius 1 is 1.04 bits per heavy atom. The first-order valence-corrected chi connectivity index (χ1v) is 9.01. The van der Waals surface area contributed by atoms with Crippen molar-refractivity contribution in [2.45, 2.75) is 6.61 Å². The van der Waals surface area contributed by atoms with E-state index in [1.807, 2.05) is 24.3 Å². The van der Waals surface area contributed by atoms with E-state index < -0.39 is 5.97 Å². The molecular weight excluding hydrogens is 376 g/mol. The second kappa shape index (κ2) is 9.11. The molecule has 0 amide bonds. The van der Waals surface area contributed by atoms with Gasteiger partial charge >= 0.3 is 5.97 Å². The van der Waals surface area contributed by atoms with Crippen molar-refractivity contribution in [3.05, 3.63) is 94.5 Å². The minimum atomic E-state index is -1.02. The fraction of sp³-hybridized carbons (Fsp3) is 0.0870. The van der Waals surface area contributed by atoms with Gasteiger partial charge in [-0.1, -0.05) is 66.2 Å². The summed E-state index contributed by atoms with van der Waals surface area (Å²) in [6.45, 7) is 0.273. The highest BCUT2D eigenvalue weighted by Gasteiger charge is 2.15. The molecule has 28 heavy (non-hydrogen) atoms. The van der Waals surface area contributed by atoms with Crippen LogP contribution in [0.25, 0.3) is 11.6 Å². The third-order valence-electron chi connectivity index (χ3n) is 4.12. The zero-order chi connectivity index (χ0) is 19.9. The zero-order valence-corrected chi connectivity index (χ0v) is 16.0. The van der Waals surface area contributed by atoms with Crippen molar-refractivity contribution < 1.29 is 19.4 Å². The fourth-order valence-electron chi connectivity index (χ4n) is 2.79. The maximum absolute atomic E-state index is 11.8. The number of carboxylic acids is 1. The van der Waals surface area contributed by atoms with Gasteiger partial charge in [0.2, 0.25) is 0 Å². The van der Waals surface area contributed by atoms with Crippen molar-refractivity contribution >= 4 is 29.2 Å². The summed E-state index contributed by atoms with van der Waals surface area (Å²) in [5.41, 5.74) is 2.29. The number of hydrogen-bond acceptors (Lipinski definition) is 3. The molecular formula is C23H19ClO4. The Labute approximate surface area is 168 Å². The Kier molecular flexibility index (Phi) is 6.35. The van der Waals surface area contributed by atoms with Crippen LogP contribution in [0.15, 0.2) is 72.8 Å². The second-order valence-corrected chi connectivity index (χ2v) is 6.46. The number of hydrogen-bond donors (Lipinski definition) is 1. The molecule has 5 heteroatoms. The highest BCUT2D eigenvalue weighted by molar-refractivity contribution is 6.30. The number of carboxylic acid groups (broad SMARTS) is 1. The SMILES string of the molecule is COc1cccc(/C=C(\C(=O)O)c2ccccc2)c1OCc1cccc(Cl)c1. The Hall–Kier alpha value is -3.24. The van der Waals surface area contributed by atoms with Gasteiger partial charge in [0.15, 0.2) is 11.5 Å². The number of carbonyl (C=O) groups is 1. The van der Waals surface area contributed by atoms with Gasteiger partial charge in [0, 0.05) is 10.6 Å². The van der Waals surface area contributed by atoms with Gasteiger partial charge in [0.05, 0.1) is 12.7 Å². The number of rotatable bonds is 7. The number of ether oxygens (including phenoxy) is 2. The molecule has 0 bridgehead atoms. The van der Waals surface area contributed by atoms with Crippen LogP contribution in [0.1, 0.15) is 16.7 Å². The summed E-state index contributed by atoms with van der Waals surface area (Å²) in [7, 11) is 1.55. The Bertz CT molecular complexity index is 996. The second-order valence-electron chi connectivity index (χ2n) is 6.03. The van der Waals surface area contributed by atoms with Gasteiger partial charge in [-0.15, -0.1) is 0 Å². The summed E-state index contributed by atoms with van der Waals surface area (Å²) in [5.74, 6) is -0.0250. The highest BCUT2D eigenvalue weighted by Crippen LogP contribution is 2.34. The van der Waals surface area contributed by atoms with Gasteiger partial charge in [0.1, 0.15) is 6.61 Å². The molecule has 3 rings (SSSR count). The number of para-hydroxylation sites is 1. The average Bonchev–Trinajstić information content (AvgIpc) is 2.71. The Morgan fingerprint density at radius 3 is 2.46 bits per heavy atom. The predicted octanol–water partition coefficient (Wildman–Crippen LogP) is 5.55. The van der Waals surface area contributed by atoms with E-state index in [0.717, 1.165) is 5.56 Å². The first-order chi connectivity index (χ1) is 13.6. The minimum absolute atomic E-state index is 0.168. The molecule has 142 valence electrons. The minimum Gasteiger partial charge on any atom is -0.493 e. The van der Waals surface area contributed by atoms with Gasteiger partial charge in [-0.2, -0.15) is 0 Å². The molecule has 0 fully saturated rings. The summed E-state index contributed by atoms with van der Waals surface area (Å²) in [5, 5.41) is 10.3. The van der Waals surface area contributed by atoms with Crippen LogP contribution in [0.3, 0.4) is 0 Å². The van der Waals surface area contributed by atoms with E-state index in [9.17, 15) is 9.90 Å². The van der Waals surface area contributed by atoms with Crippen LogP contribution in [-0.4, -0.2) is 18.2 Å². The topological polar surface area (TPSA) is 55.8 Å². The molecule has 0 radical (unpaired) electrons. The Morgan fingerprint density at radius 2 is 1.79 bits per heavy atom. The number of halogens is 1.